The van der Waals surface area contributed by atoms with Crippen LogP contribution < -0.4 is 0 Å². The molecule has 0 aliphatic rings. The first kappa shape index (κ1) is 13.8. The number of nitrogens with zero attached hydrogens (tertiary/aromatic N) is 1. The highest BCUT2D eigenvalue weighted by Crippen LogP contribution is 2.23. The van der Waals surface area contributed by atoms with E-state index in [-0.39, 0.29) is 0 Å². The number of aromatic nitrogens is 1. The normalized spacial score (nSPS) is 12.5. The molecule has 0 radical (unpaired) electrons. The van der Waals surface area contributed by atoms with Gasteiger partial charge in [-0.05, 0) is 56.5 Å². The van der Waals surface area contributed by atoms with Gasteiger partial charge in [0.1, 0.15) is 0 Å². The number of aryl methyl sites for hydroxylation is 4. The summed E-state index contributed by atoms with van der Waals surface area (Å²) in [6, 6.07) is 10.1. The number of aliphatic hydroxyl groups excluding tert-OH is 1. The lowest BCUT2D eigenvalue weighted by atomic mass is 9.94. The highest BCUT2D eigenvalue weighted by Gasteiger charge is 2.13. The van der Waals surface area contributed by atoms with Gasteiger partial charge in [0.25, 0.3) is 0 Å². The van der Waals surface area contributed by atoms with Crippen LogP contribution in [0.15, 0.2) is 30.3 Å². The standard InChI is InChI=1S/C17H21NO/c1-11-8-12(2)15(13(3)9-11)10-17(19)16-7-5-6-14(4)18-16/h5-9,17,19H,10H2,1-4H3. The lowest BCUT2D eigenvalue weighted by molar-refractivity contribution is 0.173. The van der Waals surface area contributed by atoms with Crippen LogP contribution in [-0.4, -0.2) is 10.1 Å². The molecule has 19 heavy (non-hydrogen) atoms. The maximum absolute atomic E-state index is 10.4. The molecule has 2 heteroatoms. The van der Waals surface area contributed by atoms with E-state index in [9.17, 15) is 5.11 Å². The number of rotatable bonds is 3. The third-order valence-corrected chi connectivity index (χ3v) is 3.49. The largest absolute Gasteiger partial charge is 0.386 e. The van der Waals surface area contributed by atoms with Gasteiger partial charge in [-0.3, -0.25) is 4.98 Å². The predicted molar refractivity (Wildman–Crippen MR) is 78.3 cm³/mol. The van der Waals surface area contributed by atoms with E-state index in [2.05, 4.69) is 37.9 Å². The summed E-state index contributed by atoms with van der Waals surface area (Å²) in [4.78, 5) is 4.40. The quantitative estimate of drug-likeness (QED) is 0.909. The van der Waals surface area contributed by atoms with Crippen LogP contribution in [0.25, 0.3) is 0 Å². The smallest absolute Gasteiger partial charge is 0.1000 e. The molecular formula is C17H21NO. The molecule has 0 saturated carbocycles. The molecule has 2 aromatic rings. The van der Waals surface area contributed by atoms with Gasteiger partial charge in [-0.15, -0.1) is 0 Å². The minimum Gasteiger partial charge on any atom is -0.386 e. The topological polar surface area (TPSA) is 33.1 Å². The van der Waals surface area contributed by atoms with E-state index in [1.807, 2.05) is 25.1 Å². The van der Waals surface area contributed by atoms with Crippen molar-refractivity contribution in [3.8, 4) is 0 Å². The summed E-state index contributed by atoms with van der Waals surface area (Å²) in [7, 11) is 0. The van der Waals surface area contributed by atoms with Crippen LogP contribution >= 0.6 is 0 Å². The van der Waals surface area contributed by atoms with Crippen LogP contribution in [0.5, 0.6) is 0 Å². The van der Waals surface area contributed by atoms with Gasteiger partial charge in [0.15, 0.2) is 0 Å². The van der Waals surface area contributed by atoms with Crippen molar-refractivity contribution in [2.45, 2.75) is 40.2 Å². The average molecular weight is 255 g/mol. The summed E-state index contributed by atoms with van der Waals surface area (Å²) in [6.07, 6.45) is 0.0778. The second kappa shape index (κ2) is 5.54. The molecule has 0 aliphatic heterocycles. The van der Waals surface area contributed by atoms with E-state index in [0.717, 1.165) is 11.4 Å². The zero-order chi connectivity index (χ0) is 14.0. The molecule has 0 bridgehead atoms. The van der Waals surface area contributed by atoms with Gasteiger partial charge in [0, 0.05) is 12.1 Å². The van der Waals surface area contributed by atoms with E-state index in [4.69, 9.17) is 0 Å². The molecule has 1 aromatic heterocycles. The molecule has 0 saturated heterocycles. The second-order valence-corrected chi connectivity index (χ2v) is 5.30. The maximum Gasteiger partial charge on any atom is 0.1000 e. The Morgan fingerprint density at radius 2 is 1.68 bits per heavy atom. The van der Waals surface area contributed by atoms with Crippen LogP contribution in [0.3, 0.4) is 0 Å². The molecule has 2 nitrogen and oxygen atoms in total. The first-order valence-corrected chi connectivity index (χ1v) is 6.65. The predicted octanol–water partition coefficient (Wildman–Crippen LogP) is 3.59. The molecule has 1 heterocycles. The van der Waals surface area contributed by atoms with Crippen LogP contribution in [0.4, 0.5) is 0 Å². The van der Waals surface area contributed by atoms with Crippen molar-refractivity contribution in [3.63, 3.8) is 0 Å². The number of hydrogen-bond donors (Lipinski definition) is 1. The summed E-state index contributed by atoms with van der Waals surface area (Å²) in [6.45, 7) is 8.25. The first-order chi connectivity index (χ1) is 8.97. The monoisotopic (exact) mass is 255 g/mol. The molecule has 100 valence electrons. The number of benzene rings is 1. The van der Waals surface area contributed by atoms with Crippen molar-refractivity contribution in [1.82, 2.24) is 4.98 Å². The summed E-state index contributed by atoms with van der Waals surface area (Å²) >= 11 is 0. The zero-order valence-electron chi connectivity index (χ0n) is 12.1. The minimum atomic E-state index is -0.542. The molecular weight excluding hydrogens is 234 g/mol. The molecule has 1 atom stereocenters. The van der Waals surface area contributed by atoms with Gasteiger partial charge in [-0.2, -0.15) is 0 Å². The van der Waals surface area contributed by atoms with E-state index in [0.29, 0.717) is 6.42 Å². The highest BCUT2D eigenvalue weighted by atomic mass is 16.3. The van der Waals surface area contributed by atoms with E-state index < -0.39 is 6.10 Å². The van der Waals surface area contributed by atoms with Crippen molar-refractivity contribution >= 4 is 0 Å². The molecule has 0 amide bonds. The summed E-state index contributed by atoms with van der Waals surface area (Å²) < 4.78 is 0. The summed E-state index contributed by atoms with van der Waals surface area (Å²) in [5.74, 6) is 0. The Bertz CT molecular complexity index is 567. The third-order valence-electron chi connectivity index (χ3n) is 3.49. The third kappa shape index (κ3) is 3.21. The molecule has 1 N–H and O–H groups in total. The van der Waals surface area contributed by atoms with Crippen molar-refractivity contribution in [2.75, 3.05) is 0 Å². The highest BCUT2D eigenvalue weighted by molar-refractivity contribution is 5.38. The lowest BCUT2D eigenvalue weighted by Crippen LogP contribution is -2.07. The summed E-state index contributed by atoms with van der Waals surface area (Å²) in [5.41, 5.74) is 6.66. The van der Waals surface area contributed by atoms with Crippen molar-refractivity contribution in [1.29, 1.82) is 0 Å². The van der Waals surface area contributed by atoms with Gasteiger partial charge in [-0.1, -0.05) is 23.8 Å². The van der Waals surface area contributed by atoms with Crippen molar-refractivity contribution in [2.24, 2.45) is 0 Å². The van der Waals surface area contributed by atoms with Crippen LogP contribution in [-0.2, 0) is 6.42 Å². The minimum absolute atomic E-state index is 0.542. The fraction of sp³-hybridized carbons (Fsp3) is 0.353. The number of pyridine rings is 1. The Balaban J connectivity index is 2.26. The first-order valence-electron chi connectivity index (χ1n) is 6.65. The van der Waals surface area contributed by atoms with Gasteiger partial charge in [0.05, 0.1) is 11.8 Å². The fourth-order valence-electron chi connectivity index (χ4n) is 2.58. The Morgan fingerprint density at radius 1 is 1.05 bits per heavy atom. The van der Waals surface area contributed by atoms with E-state index in [1.165, 1.54) is 22.3 Å². The molecule has 1 unspecified atom stereocenters. The van der Waals surface area contributed by atoms with Crippen LogP contribution in [0, 0.1) is 27.7 Å². The summed E-state index contributed by atoms with van der Waals surface area (Å²) in [5, 5.41) is 10.4. The molecule has 0 fully saturated rings. The maximum atomic E-state index is 10.4. The fourth-order valence-corrected chi connectivity index (χ4v) is 2.58. The SMILES string of the molecule is Cc1cc(C)c(CC(O)c2cccc(C)n2)c(C)c1. The Morgan fingerprint density at radius 3 is 2.26 bits per heavy atom. The second-order valence-electron chi connectivity index (χ2n) is 5.30. The lowest BCUT2D eigenvalue weighted by Gasteiger charge is -2.15. The van der Waals surface area contributed by atoms with Crippen LogP contribution in [0.2, 0.25) is 0 Å². The molecule has 0 spiro atoms. The van der Waals surface area contributed by atoms with Gasteiger partial charge >= 0.3 is 0 Å². The molecule has 1 aromatic carbocycles. The molecule has 0 aliphatic carbocycles. The van der Waals surface area contributed by atoms with Crippen molar-refractivity contribution < 1.29 is 5.11 Å². The van der Waals surface area contributed by atoms with Crippen molar-refractivity contribution in [3.05, 3.63) is 64.0 Å². The number of hydrogen-bond acceptors (Lipinski definition) is 2. The Hall–Kier alpha value is -1.67. The molecule has 2 rings (SSSR count). The Kier molecular flexibility index (Phi) is 4.01. The van der Waals surface area contributed by atoms with E-state index in [1.54, 1.807) is 0 Å². The zero-order valence-corrected chi connectivity index (χ0v) is 12.1. The van der Waals surface area contributed by atoms with Crippen LogP contribution in [0.1, 0.15) is 39.7 Å². The Labute approximate surface area is 115 Å². The average Bonchev–Trinajstić information content (AvgIpc) is 2.33. The van der Waals surface area contributed by atoms with Gasteiger partial charge in [-0.25, -0.2) is 0 Å². The number of aliphatic hydroxyl groups is 1. The van der Waals surface area contributed by atoms with Gasteiger partial charge < -0.3 is 5.11 Å². The van der Waals surface area contributed by atoms with E-state index >= 15 is 0 Å². The van der Waals surface area contributed by atoms with Gasteiger partial charge in [0.2, 0.25) is 0 Å².